The fourth-order valence-corrected chi connectivity index (χ4v) is 3.56. The van der Waals surface area contributed by atoms with Crippen LogP contribution >= 0.6 is 0 Å². The molecule has 0 aliphatic carbocycles. The molecular formula is C19H23FN2O3S. The minimum atomic E-state index is -3.62. The van der Waals surface area contributed by atoms with Crippen LogP contribution in [0.1, 0.15) is 16.7 Å². The van der Waals surface area contributed by atoms with Crippen LogP contribution < -0.4 is 9.62 Å². The van der Waals surface area contributed by atoms with Gasteiger partial charge in [0.1, 0.15) is 12.4 Å². The first kappa shape index (κ1) is 19.9. The molecule has 0 radical (unpaired) electrons. The molecule has 0 heterocycles. The third kappa shape index (κ3) is 5.56. The van der Waals surface area contributed by atoms with Gasteiger partial charge in [-0.1, -0.05) is 24.3 Å². The maximum Gasteiger partial charge on any atom is 0.240 e. The average Bonchev–Trinajstić information content (AvgIpc) is 2.52. The predicted molar refractivity (Wildman–Crippen MR) is 101 cm³/mol. The van der Waals surface area contributed by atoms with Crippen molar-refractivity contribution < 1.29 is 17.6 Å². The van der Waals surface area contributed by atoms with Crippen LogP contribution in [-0.2, 0) is 21.2 Å². The molecule has 7 heteroatoms. The van der Waals surface area contributed by atoms with Crippen LogP contribution in [0.15, 0.2) is 42.5 Å². The number of carbonyl (C=O) groups is 1. The van der Waals surface area contributed by atoms with Gasteiger partial charge in [0.15, 0.2) is 0 Å². The van der Waals surface area contributed by atoms with Gasteiger partial charge in [0, 0.05) is 6.54 Å². The summed E-state index contributed by atoms with van der Waals surface area (Å²) in [6.07, 6.45) is 1.40. The van der Waals surface area contributed by atoms with E-state index in [1.54, 1.807) is 30.3 Å². The van der Waals surface area contributed by atoms with E-state index in [4.69, 9.17) is 0 Å². The summed E-state index contributed by atoms with van der Waals surface area (Å²) < 4.78 is 38.9. The largest absolute Gasteiger partial charge is 0.354 e. The van der Waals surface area contributed by atoms with Gasteiger partial charge in [-0.2, -0.15) is 0 Å². The Morgan fingerprint density at radius 1 is 1.12 bits per heavy atom. The van der Waals surface area contributed by atoms with E-state index < -0.39 is 15.9 Å². The molecule has 2 aromatic carbocycles. The highest BCUT2D eigenvalue weighted by molar-refractivity contribution is 7.92. The smallest absolute Gasteiger partial charge is 0.240 e. The van der Waals surface area contributed by atoms with Crippen molar-refractivity contribution in [1.29, 1.82) is 0 Å². The van der Waals surface area contributed by atoms with Crippen molar-refractivity contribution in [3.05, 3.63) is 65.0 Å². The molecule has 0 bridgehead atoms. The SMILES string of the molecule is Cc1cc(C)cc(N(CC(=O)NCCc2ccccc2F)S(C)(=O)=O)c1. The monoisotopic (exact) mass is 378 g/mol. The summed E-state index contributed by atoms with van der Waals surface area (Å²) in [4.78, 5) is 12.2. The van der Waals surface area contributed by atoms with E-state index in [0.29, 0.717) is 17.7 Å². The zero-order valence-corrected chi connectivity index (χ0v) is 15.9. The number of sulfonamides is 1. The lowest BCUT2D eigenvalue weighted by Crippen LogP contribution is -2.41. The van der Waals surface area contributed by atoms with Crippen molar-refractivity contribution in [2.75, 3.05) is 23.7 Å². The number of aryl methyl sites for hydroxylation is 2. The number of benzene rings is 2. The van der Waals surface area contributed by atoms with Crippen LogP contribution in [0.2, 0.25) is 0 Å². The maximum absolute atomic E-state index is 13.6. The number of nitrogens with zero attached hydrogens (tertiary/aromatic N) is 1. The first-order valence-electron chi connectivity index (χ1n) is 8.23. The number of hydrogen-bond donors (Lipinski definition) is 1. The third-order valence-electron chi connectivity index (χ3n) is 3.86. The first-order chi connectivity index (χ1) is 12.2. The lowest BCUT2D eigenvalue weighted by Gasteiger charge is -2.22. The Morgan fingerprint density at radius 3 is 2.31 bits per heavy atom. The summed E-state index contributed by atoms with van der Waals surface area (Å²) in [6, 6.07) is 11.7. The van der Waals surface area contributed by atoms with E-state index in [1.165, 1.54) is 6.07 Å². The van der Waals surface area contributed by atoms with E-state index in [9.17, 15) is 17.6 Å². The topological polar surface area (TPSA) is 66.5 Å². The van der Waals surface area contributed by atoms with Gasteiger partial charge in [-0.15, -0.1) is 0 Å². The zero-order valence-electron chi connectivity index (χ0n) is 15.1. The highest BCUT2D eigenvalue weighted by Crippen LogP contribution is 2.21. The molecular weight excluding hydrogens is 355 g/mol. The summed E-state index contributed by atoms with van der Waals surface area (Å²) >= 11 is 0. The summed E-state index contributed by atoms with van der Waals surface area (Å²) in [6.45, 7) is 3.64. The molecule has 0 fully saturated rings. The van der Waals surface area contributed by atoms with Gasteiger partial charge in [0.05, 0.1) is 11.9 Å². The van der Waals surface area contributed by atoms with Crippen LogP contribution in [0.3, 0.4) is 0 Å². The van der Waals surface area contributed by atoms with Crippen LogP contribution in [-0.4, -0.2) is 33.7 Å². The average molecular weight is 378 g/mol. The fraction of sp³-hybridized carbons (Fsp3) is 0.316. The molecule has 0 saturated heterocycles. The van der Waals surface area contributed by atoms with Gasteiger partial charge in [-0.3, -0.25) is 9.10 Å². The summed E-state index contributed by atoms with van der Waals surface area (Å²) in [5.74, 6) is -0.763. The van der Waals surface area contributed by atoms with Crippen molar-refractivity contribution in [3.8, 4) is 0 Å². The lowest BCUT2D eigenvalue weighted by molar-refractivity contribution is -0.119. The Bertz CT molecular complexity index is 877. The molecule has 140 valence electrons. The summed E-state index contributed by atoms with van der Waals surface area (Å²) in [7, 11) is -3.62. The predicted octanol–water partition coefficient (Wildman–Crippen LogP) is 2.57. The molecule has 0 aromatic heterocycles. The van der Waals surface area contributed by atoms with Crippen molar-refractivity contribution in [2.45, 2.75) is 20.3 Å². The van der Waals surface area contributed by atoms with Crippen LogP contribution in [0.4, 0.5) is 10.1 Å². The van der Waals surface area contributed by atoms with E-state index in [2.05, 4.69) is 5.32 Å². The Labute approximate surface area is 153 Å². The second-order valence-electron chi connectivity index (χ2n) is 6.31. The second-order valence-corrected chi connectivity index (χ2v) is 8.21. The molecule has 5 nitrogen and oxygen atoms in total. The lowest BCUT2D eigenvalue weighted by atomic mass is 10.1. The van der Waals surface area contributed by atoms with Crippen LogP contribution in [0.25, 0.3) is 0 Å². The molecule has 0 spiro atoms. The third-order valence-corrected chi connectivity index (χ3v) is 5.00. The van der Waals surface area contributed by atoms with Crippen molar-refractivity contribution >= 4 is 21.6 Å². The standard InChI is InChI=1S/C19H23FN2O3S/c1-14-10-15(2)12-17(11-14)22(26(3,24)25)13-19(23)21-9-8-16-6-4-5-7-18(16)20/h4-7,10-12H,8-9,13H2,1-3H3,(H,21,23). The molecule has 0 aliphatic heterocycles. The molecule has 1 N–H and O–H groups in total. The first-order valence-corrected chi connectivity index (χ1v) is 10.1. The fourth-order valence-electron chi connectivity index (χ4n) is 2.72. The summed E-state index contributed by atoms with van der Waals surface area (Å²) in [5, 5.41) is 2.65. The van der Waals surface area contributed by atoms with E-state index >= 15 is 0 Å². The number of nitrogens with one attached hydrogen (secondary N) is 1. The van der Waals surface area contributed by atoms with Gasteiger partial charge >= 0.3 is 0 Å². The van der Waals surface area contributed by atoms with Crippen LogP contribution in [0, 0.1) is 19.7 Å². The number of amides is 1. The van der Waals surface area contributed by atoms with Crippen molar-refractivity contribution in [2.24, 2.45) is 0 Å². The molecule has 2 aromatic rings. The van der Waals surface area contributed by atoms with Crippen LogP contribution in [0.5, 0.6) is 0 Å². The molecule has 0 aliphatic rings. The highest BCUT2D eigenvalue weighted by Gasteiger charge is 2.21. The number of hydrogen-bond acceptors (Lipinski definition) is 3. The molecule has 0 unspecified atom stereocenters. The minimum absolute atomic E-state index is 0.226. The highest BCUT2D eigenvalue weighted by atomic mass is 32.2. The van der Waals surface area contributed by atoms with Gasteiger partial charge < -0.3 is 5.32 Å². The quantitative estimate of drug-likeness (QED) is 0.805. The Balaban J connectivity index is 2.04. The molecule has 2 rings (SSSR count). The van der Waals surface area contributed by atoms with E-state index in [0.717, 1.165) is 21.7 Å². The van der Waals surface area contributed by atoms with E-state index in [-0.39, 0.29) is 18.9 Å². The van der Waals surface area contributed by atoms with Crippen molar-refractivity contribution in [1.82, 2.24) is 5.32 Å². The molecule has 1 amide bonds. The van der Waals surface area contributed by atoms with Gasteiger partial charge in [0.2, 0.25) is 15.9 Å². The number of carbonyl (C=O) groups excluding carboxylic acids is 1. The maximum atomic E-state index is 13.6. The Kier molecular flexibility index (Phi) is 6.37. The van der Waals surface area contributed by atoms with Gasteiger partial charge in [-0.05, 0) is 55.2 Å². The Hall–Kier alpha value is -2.41. The number of anilines is 1. The summed E-state index contributed by atoms with van der Waals surface area (Å²) in [5.41, 5.74) is 2.78. The minimum Gasteiger partial charge on any atom is -0.354 e. The second kappa shape index (κ2) is 8.31. The van der Waals surface area contributed by atoms with Gasteiger partial charge in [-0.25, -0.2) is 12.8 Å². The van der Waals surface area contributed by atoms with E-state index in [1.807, 2.05) is 19.9 Å². The molecule has 0 atom stereocenters. The number of rotatable bonds is 7. The van der Waals surface area contributed by atoms with Gasteiger partial charge in [0.25, 0.3) is 0 Å². The molecule has 26 heavy (non-hydrogen) atoms. The van der Waals surface area contributed by atoms with Crippen molar-refractivity contribution in [3.63, 3.8) is 0 Å². The molecule has 0 saturated carbocycles. The number of halogens is 1. The zero-order chi connectivity index (χ0) is 19.3. The Morgan fingerprint density at radius 2 is 1.73 bits per heavy atom. The normalized spacial score (nSPS) is 11.2.